The topological polar surface area (TPSA) is 90.7 Å². The Hall–Kier alpha value is -2.83. The lowest BCUT2D eigenvalue weighted by Gasteiger charge is -2.30. The molecule has 2 aromatic rings. The van der Waals surface area contributed by atoms with Crippen molar-refractivity contribution in [2.24, 2.45) is 5.92 Å². The second-order valence-corrected chi connectivity index (χ2v) is 8.42. The number of rotatable bonds is 8. The van der Waals surface area contributed by atoms with Crippen LogP contribution in [0.3, 0.4) is 0 Å². The maximum Gasteiger partial charge on any atom is 0.311 e. The van der Waals surface area contributed by atoms with Gasteiger partial charge in [-0.1, -0.05) is 37.1 Å². The molecule has 0 saturated heterocycles. The van der Waals surface area contributed by atoms with Crippen LogP contribution in [0.25, 0.3) is 0 Å². The largest absolute Gasteiger partial charge is 0.489 e. The average Bonchev–Trinajstić information content (AvgIpc) is 3.06. The maximum atomic E-state index is 12.4. The van der Waals surface area contributed by atoms with Crippen molar-refractivity contribution < 1.29 is 23.6 Å². The fourth-order valence-corrected chi connectivity index (χ4v) is 3.86. The van der Waals surface area contributed by atoms with Crippen LogP contribution in [-0.4, -0.2) is 29.2 Å². The van der Waals surface area contributed by atoms with E-state index in [1.54, 1.807) is 19.1 Å². The van der Waals surface area contributed by atoms with Gasteiger partial charge in [-0.05, 0) is 57.2 Å². The van der Waals surface area contributed by atoms with E-state index >= 15 is 0 Å². The van der Waals surface area contributed by atoms with Gasteiger partial charge in [0.2, 0.25) is 0 Å². The van der Waals surface area contributed by atoms with Gasteiger partial charge >= 0.3 is 5.97 Å². The zero-order chi connectivity index (χ0) is 22.4. The van der Waals surface area contributed by atoms with E-state index in [4.69, 9.17) is 14.0 Å². The number of aromatic nitrogens is 1. The molecule has 1 N–H and O–H groups in total. The summed E-state index contributed by atoms with van der Waals surface area (Å²) >= 11 is 0. The smallest absolute Gasteiger partial charge is 0.311 e. The predicted octanol–water partition coefficient (Wildman–Crippen LogP) is 4.04. The zero-order valence-electron chi connectivity index (χ0n) is 18.8. The van der Waals surface area contributed by atoms with Gasteiger partial charge in [0, 0.05) is 6.04 Å². The first kappa shape index (κ1) is 22.8. The third-order valence-electron chi connectivity index (χ3n) is 5.95. The fourth-order valence-electron chi connectivity index (χ4n) is 3.86. The number of carbonyl (C=O) groups is 2. The van der Waals surface area contributed by atoms with Crippen LogP contribution in [-0.2, 0) is 27.4 Å². The van der Waals surface area contributed by atoms with Gasteiger partial charge in [0.25, 0.3) is 5.91 Å². The Kier molecular flexibility index (Phi) is 7.71. The average molecular weight is 429 g/mol. The van der Waals surface area contributed by atoms with Crippen LogP contribution in [0.15, 0.2) is 28.8 Å². The third kappa shape index (κ3) is 6.32. The first-order chi connectivity index (χ1) is 14.8. The van der Waals surface area contributed by atoms with Crippen molar-refractivity contribution in [3.63, 3.8) is 0 Å². The van der Waals surface area contributed by atoms with E-state index in [2.05, 4.69) is 17.4 Å². The minimum Gasteiger partial charge on any atom is -0.489 e. The van der Waals surface area contributed by atoms with E-state index in [1.807, 2.05) is 26.0 Å². The summed E-state index contributed by atoms with van der Waals surface area (Å²) in [5.74, 6) is 1.23. The lowest BCUT2D eigenvalue weighted by molar-refractivity contribution is -0.154. The number of hydrogen-bond acceptors (Lipinski definition) is 6. The summed E-state index contributed by atoms with van der Waals surface area (Å²) in [5, 5.41) is 6.95. The second kappa shape index (κ2) is 10.5. The number of nitrogens with one attached hydrogen (secondary N) is 1. The maximum absolute atomic E-state index is 12.4. The molecule has 0 aliphatic heterocycles. The van der Waals surface area contributed by atoms with Gasteiger partial charge in [0.05, 0.1) is 17.7 Å². The summed E-state index contributed by atoms with van der Waals surface area (Å²) in [6, 6.07) is 7.42. The highest BCUT2D eigenvalue weighted by molar-refractivity contribution is 5.84. The number of hydrogen-bond donors (Lipinski definition) is 1. The van der Waals surface area contributed by atoms with Crippen molar-refractivity contribution in [2.45, 2.75) is 78.6 Å². The van der Waals surface area contributed by atoms with Crippen molar-refractivity contribution in [3.8, 4) is 5.75 Å². The van der Waals surface area contributed by atoms with Crippen molar-refractivity contribution in [2.75, 3.05) is 0 Å². The molecule has 31 heavy (non-hydrogen) atoms. The van der Waals surface area contributed by atoms with Gasteiger partial charge in [0.15, 0.2) is 6.10 Å². The van der Waals surface area contributed by atoms with Crippen LogP contribution in [0.5, 0.6) is 5.75 Å². The molecule has 0 bridgehead atoms. The minimum absolute atomic E-state index is 0.0988. The molecule has 3 atom stereocenters. The Morgan fingerprint density at radius 2 is 1.90 bits per heavy atom. The molecule has 7 nitrogen and oxygen atoms in total. The van der Waals surface area contributed by atoms with Crippen LogP contribution in [0.1, 0.15) is 62.1 Å². The molecule has 3 rings (SSSR count). The van der Waals surface area contributed by atoms with Gasteiger partial charge < -0.3 is 19.3 Å². The van der Waals surface area contributed by atoms with Crippen LogP contribution < -0.4 is 10.1 Å². The SMILES string of the molecule is Cc1noc(C)c1COc1ccc(CC(=O)O[C@H](C)C(=O)N[C@@H]2CCCC[C@@H]2C)cc1. The molecule has 1 aromatic heterocycles. The molecular weight excluding hydrogens is 396 g/mol. The quantitative estimate of drug-likeness (QED) is 0.638. The van der Waals surface area contributed by atoms with Crippen molar-refractivity contribution in [1.82, 2.24) is 10.5 Å². The lowest BCUT2D eigenvalue weighted by atomic mass is 9.86. The molecule has 0 spiro atoms. The van der Waals surface area contributed by atoms with E-state index < -0.39 is 12.1 Å². The van der Waals surface area contributed by atoms with Crippen LogP contribution in [0.4, 0.5) is 0 Å². The van der Waals surface area contributed by atoms with Gasteiger partial charge in [-0.15, -0.1) is 0 Å². The number of carbonyl (C=O) groups excluding carboxylic acids is 2. The number of esters is 1. The second-order valence-electron chi connectivity index (χ2n) is 8.42. The standard InChI is InChI=1S/C24H32N2O5/c1-15-7-5-6-8-22(15)25-24(28)18(4)30-23(27)13-19-9-11-20(12-10-19)29-14-21-16(2)26-31-17(21)3/h9-12,15,18,22H,5-8,13-14H2,1-4H3,(H,25,28)/t15-,18+,22+/m0/s1. The van der Waals surface area contributed by atoms with Crippen LogP contribution in [0, 0.1) is 19.8 Å². The molecule has 0 unspecified atom stereocenters. The van der Waals surface area contributed by atoms with Gasteiger partial charge in [-0.25, -0.2) is 0 Å². The Morgan fingerprint density at radius 1 is 1.19 bits per heavy atom. The van der Waals surface area contributed by atoms with Crippen molar-refractivity contribution in [3.05, 3.63) is 46.8 Å². The summed E-state index contributed by atoms with van der Waals surface area (Å²) in [4.78, 5) is 24.7. The van der Waals surface area contributed by atoms with E-state index in [1.165, 1.54) is 6.42 Å². The number of amides is 1. The van der Waals surface area contributed by atoms with E-state index in [-0.39, 0.29) is 18.4 Å². The van der Waals surface area contributed by atoms with Gasteiger partial charge in [-0.3, -0.25) is 9.59 Å². The molecule has 1 heterocycles. The highest BCUT2D eigenvalue weighted by atomic mass is 16.5. The van der Waals surface area contributed by atoms with E-state index in [9.17, 15) is 9.59 Å². The third-order valence-corrected chi connectivity index (χ3v) is 5.95. The summed E-state index contributed by atoms with van der Waals surface area (Å²) in [6.45, 7) is 7.87. The van der Waals surface area contributed by atoms with Crippen molar-refractivity contribution in [1.29, 1.82) is 0 Å². The van der Waals surface area contributed by atoms with Crippen LogP contribution >= 0.6 is 0 Å². The fraction of sp³-hybridized carbons (Fsp3) is 0.542. The number of aryl methyl sites for hydroxylation is 2. The van der Waals surface area contributed by atoms with Gasteiger partial charge in [0.1, 0.15) is 18.1 Å². The summed E-state index contributed by atoms with van der Waals surface area (Å²) in [7, 11) is 0. The van der Waals surface area contributed by atoms with Gasteiger partial charge in [-0.2, -0.15) is 0 Å². The zero-order valence-corrected chi connectivity index (χ0v) is 18.8. The van der Waals surface area contributed by atoms with E-state index in [0.717, 1.165) is 41.8 Å². The van der Waals surface area contributed by atoms with Crippen LogP contribution in [0.2, 0.25) is 0 Å². The molecule has 7 heteroatoms. The monoisotopic (exact) mass is 428 g/mol. The lowest BCUT2D eigenvalue weighted by Crippen LogP contribution is -2.46. The predicted molar refractivity (Wildman–Crippen MR) is 116 cm³/mol. The molecule has 1 saturated carbocycles. The number of benzene rings is 1. The Balaban J connectivity index is 1.44. The first-order valence-electron chi connectivity index (χ1n) is 11.0. The van der Waals surface area contributed by atoms with E-state index in [0.29, 0.717) is 18.3 Å². The first-order valence-corrected chi connectivity index (χ1v) is 11.0. The Morgan fingerprint density at radius 3 is 2.55 bits per heavy atom. The highest BCUT2D eigenvalue weighted by Crippen LogP contribution is 2.24. The molecule has 1 aliphatic carbocycles. The number of ether oxygens (including phenoxy) is 2. The molecule has 0 radical (unpaired) electrons. The Bertz CT molecular complexity index is 870. The summed E-state index contributed by atoms with van der Waals surface area (Å²) in [6.07, 6.45) is 3.74. The molecular formula is C24H32N2O5. The molecule has 1 fully saturated rings. The molecule has 1 aliphatic rings. The minimum atomic E-state index is -0.806. The Labute approximate surface area is 183 Å². The number of nitrogens with zero attached hydrogens (tertiary/aromatic N) is 1. The molecule has 1 amide bonds. The molecule has 1 aromatic carbocycles. The summed E-state index contributed by atoms with van der Waals surface area (Å²) < 4.78 is 16.3. The molecule has 168 valence electrons. The summed E-state index contributed by atoms with van der Waals surface area (Å²) in [5.41, 5.74) is 2.54. The highest BCUT2D eigenvalue weighted by Gasteiger charge is 2.26. The normalized spacial score (nSPS) is 19.5. The van der Waals surface area contributed by atoms with Crippen molar-refractivity contribution >= 4 is 11.9 Å².